The van der Waals surface area contributed by atoms with Crippen LogP contribution in [0.1, 0.15) is 40.4 Å². The number of aromatic nitrogens is 1. The lowest BCUT2D eigenvalue weighted by Gasteiger charge is -2.25. The van der Waals surface area contributed by atoms with Crippen LogP contribution in [-0.4, -0.2) is 11.0 Å². The van der Waals surface area contributed by atoms with Crippen molar-refractivity contribution in [3.05, 3.63) is 65.2 Å². The van der Waals surface area contributed by atoms with Crippen LogP contribution in [0.5, 0.6) is 0 Å². The van der Waals surface area contributed by atoms with Gasteiger partial charge in [0.1, 0.15) is 11.7 Å². The second-order valence-corrected chi connectivity index (χ2v) is 4.83. The number of benzene rings is 1. The summed E-state index contributed by atoms with van der Waals surface area (Å²) in [6.07, 6.45) is 3.73. The predicted molar refractivity (Wildman–Crippen MR) is 71.7 cm³/mol. The zero-order valence-electron chi connectivity index (χ0n) is 10.9. The first-order valence-electron chi connectivity index (χ1n) is 6.65. The van der Waals surface area contributed by atoms with Crippen molar-refractivity contribution in [2.24, 2.45) is 0 Å². The number of hydrogen-bond donors (Lipinski definition) is 0. The van der Waals surface area contributed by atoms with Gasteiger partial charge in [-0.25, -0.2) is 9.78 Å². The zero-order chi connectivity index (χ0) is 13.9. The van der Waals surface area contributed by atoms with Crippen molar-refractivity contribution in [1.29, 1.82) is 0 Å². The number of halogens is 1. The van der Waals surface area contributed by atoms with Gasteiger partial charge in [0.05, 0.1) is 0 Å². The van der Waals surface area contributed by atoms with Gasteiger partial charge in [0.15, 0.2) is 0 Å². The average molecular weight is 271 g/mol. The Bertz CT molecular complexity index is 642. The summed E-state index contributed by atoms with van der Waals surface area (Å²) in [6, 6.07) is 10.8. The van der Waals surface area contributed by atoms with E-state index in [2.05, 4.69) is 4.98 Å². The van der Waals surface area contributed by atoms with Crippen LogP contribution in [-0.2, 0) is 11.2 Å². The van der Waals surface area contributed by atoms with E-state index in [-0.39, 0.29) is 11.7 Å². The number of fused-ring (bicyclic) bond motifs is 1. The highest BCUT2D eigenvalue weighted by molar-refractivity contribution is 5.89. The van der Waals surface area contributed by atoms with Gasteiger partial charge in [0, 0.05) is 6.20 Å². The summed E-state index contributed by atoms with van der Waals surface area (Å²) in [6.45, 7) is 0. The quantitative estimate of drug-likeness (QED) is 0.620. The molecule has 3 rings (SSSR count). The molecule has 2 aromatic rings. The fraction of sp³-hybridized carbons (Fsp3) is 0.250. The number of carbonyl (C=O) groups excluding carboxylic acids is 1. The van der Waals surface area contributed by atoms with Crippen LogP contribution < -0.4 is 0 Å². The molecule has 20 heavy (non-hydrogen) atoms. The van der Waals surface area contributed by atoms with Crippen molar-refractivity contribution in [3.63, 3.8) is 0 Å². The lowest BCUT2D eigenvalue weighted by atomic mass is 9.89. The summed E-state index contributed by atoms with van der Waals surface area (Å²) in [5.74, 6) is -1.45. The van der Waals surface area contributed by atoms with Crippen LogP contribution >= 0.6 is 0 Å². The third kappa shape index (κ3) is 2.41. The number of ether oxygens (including phenoxy) is 1. The Kier molecular flexibility index (Phi) is 3.46. The fourth-order valence-electron chi connectivity index (χ4n) is 2.56. The summed E-state index contributed by atoms with van der Waals surface area (Å²) in [5, 5.41) is 0. The van der Waals surface area contributed by atoms with Gasteiger partial charge in [0.25, 0.3) is 0 Å². The topological polar surface area (TPSA) is 39.2 Å². The third-order valence-corrected chi connectivity index (χ3v) is 3.54. The molecule has 0 saturated heterocycles. The molecule has 102 valence electrons. The number of hydrogen-bond acceptors (Lipinski definition) is 3. The van der Waals surface area contributed by atoms with Crippen molar-refractivity contribution in [2.45, 2.75) is 25.4 Å². The van der Waals surface area contributed by atoms with Crippen LogP contribution in [0.2, 0.25) is 0 Å². The van der Waals surface area contributed by atoms with Crippen LogP contribution in [0.3, 0.4) is 0 Å². The normalized spacial score (nSPS) is 17.4. The van der Waals surface area contributed by atoms with E-state index in [0.29, 0.717) is 0 Å². The molecule has 1 atom stereocenters. The molecular formula is C16H14FNO2. The Morgan fingerprint density at radius 1 is 1.25 bits per heavy atom. The Morgan fingerprint density at radius 3 is 2.95 bits per heavy atom. The van der Waals surface area contributed by atoms with Gasteiger partial charge in [-0.2, -0.15) is 4.39 Å². The number of pyridine rings is 1. The smallest absolute Gasteiger partial charge is 0.343 e. The zero-order valence-corrected chi connectivity index (χ0v) is 10.9. The second kappa shape index (κ2) is 5.41. The molecule has 1 unspecified atom stereocenters. The Morgan fingerprint density at radius 2 is 2.10 bits per heavy atom. The van der Waals surface area contributed by atoms with Crippen molar-refractivity contribution in [3.8, 4) is 0 Å². The molecule has 0 radical (unpaired) electrons. The first-order chi connectivity index (χ1) is 9.75. The highest BCUT2D eigenvalue weighted by Gasteiger charge is 2.25. The van der Waals surface area contributed by atoms with Crippen LogP contribution in [0.4, 0.5) is 4.39 Å². The standard InChI is InChI=1S/C16H14FNO2/c17-15-13(8-4-10-18-15)16(19)20-14-9-3-6-11-5-1-2-7-12(11)14/h1-2,4-5,7-8,10,14H,3,6,9H2. The number of rotatable bonds is 2. The largest absolute Gasteiger partial charge is 0.454 e. The van der Waals surface area contributed by atoms with Crippen molar-refractivity contribution >= 4 is 5.97 Å². The molecule has 0 fully saturated rings. The Balaban J connectivity index is 1.83. The maximum Gasteiger partial charge on any atom is 0.343 e. The molecule has 1 heterocycles. The maximum absolute atomic E-state index is 13.5. The second-order valence-electron chi connectivity index (χ2n) is 4.83. The van der Waals surface area contributed by atoms with Crippen molar-refractivity contribution in [1.82, 2.24) is 4.98 Å². The highest BCUT2D eigenvalue weighted by atomic mass is 19.1. The van der Waals surface area contributed by atoms with E-state index < -0.39 is 11.9 Å². The number of nitrogens with zero attached hydrogens (tertiary/aromatic N) is 1. The molecule has 1 aliphatic rings. The highest BCUT2D eigenvalue weighted by Crippen LogP contribution is 2.32. The minimum absolute atomic E-state index is 0.115. The number of esters is 1. The monoisotopic (exact) mass is 271 g/mol. The molecule has 1 aliphatic carbocycles. The lowest BCUT2D eigenvalue weighted by molar-refractivity contribution is 0.0250. The molecule has 0 bridgehead atoms. The molecule has 0 aliphatic heterocycles. The van der Waals surface area contributed by atoms with Gasteiger partial charge >= 0.3 is 5.97 Å². The summed E-state index contributed by atoms with van der Waals surface area (Å²) in [7, 11) is 0. The minimum Gasteiger partial charge on any atom is -0.454 e. The summed E-state index contributed by atoms with van der Waals surface area (Å²) in [4.78, 5) is 15.5. The molecule has 0 saturated carbocycles. The van der Waals surface area contributed by atoms with Crippen LogP contribution in [0.15, 0.2) is 42.6 Å². The molecule has 0 N–H and O–H groups in total. The summed E-state index contributed by atoms with van der Waals surface area (Å²) < 4.78 is 18.9. The molecule has 1 aromatic heterocycles. The molecule has 4 heteroatoms. The van der Waals surface area contributed by atoms with Crippen molar-refractivity contribution in [2.75, 3.05) is 0 Å². The SMILES string of the molecule is O=C(OC1CCCc2ccccc21)c1cccnc1F. The van der Waals surface area contributed by atoms with Gasteiger partial charge in [-0.1, -0.05) is 24.3 Å². The maximum atomic E-state index is 13.5. The lowest BCUT2D eigenvalue weighted by Crippen LogP contribution is -2.17. The van der Waals surface area contributed by atoms with Gasteiger partial charge < -0.3 is 4.74 Å². The fourth-order valence-corrected chi connectivity index (χ4v) is 2.56. The van der Waals surface area contributed by atoms with Gasteiger partial charge in [-0.05, 0) is 42.5 Å². The van der Waals surface area contributed by atoms with Gasteiger partial charge in [-0.15, -0.1) is 0 Å². The summed E-state index contributed by atoms with van der Waals surface area (Å²) in [5.41, 5.74) is 2.11. The van der Waals surface area contributed by atoms with E-state index >= 15 is 0 Å². The predicted octanol–water partition coefficient (Wildman–Crippen LogP) is 3.46. The first-order valence-corrected chi connectivity index (χ1v) is 6.65. The number of aryl methyl sites for hydroxylation is 1. The molecule has 0 spiro atoms. The van der Waals surface area contributed by atoms with Crippen LogP contribution in [0.25, 0.3) is 0 Å². The van der Waals surface area contributed by atoms with Crippen molar-refractivity contribution < 1.29 is 13.9 Å². The van der Waals surface area contributed by atoms with E-state index in [9.17, 15) is 9.18 Å². The average Bonchev–Trinajstić information content (AvgIpc) is 2.48. The Labute approximate surface area is 116 Å². The first kappa shape index (κ1) is 12.8. The Hall–Kier alpha value is -2.23. The van der Waals surface area contributed by atoms with Gasteiger partial charge in [-0.3, -0.25) is 0 Å². The number of carbonyl (C=O) groups is 1. The molecule has 1 aromatic carbocycles. The summed E-state index contributed by atoms with van der Waals surface area (Å²) >= 11 is 0. The van der Waals surface area contributed by atoms with E-state index in [1.807, 2.05) is 24.3 Å². The molecule has 0 amide bonds. The van der Waals surface area contributed by atoms with Crippen LogP contribution in [0, 0.1) is 5.95 Å². The van der Waals surface area contributed by atoms with E-state index in [1.165, 1.54) is 23.9 Å². The minimum atomic E-state index is -0.790. The van der Waals surface area contributed by atoms with E-state index in [1.54, 1.807) is 0 Å². The van der Waals surface area contributed by atoms with Gasteiger partial charge in [0.2, 0.25) is 5.95 Å². The molecule has 3 nitrogen and oxygen atoms in total. The van der Waals surface area contributed by atoms with E-state index in [0.717, 1.165) is 24.8 Å². The molecular weight excluding hydrogens is 257 g/mol. The third-order valence-electron chi connectivity index (χ3n) is 3.54. The van der Waals surface area contributed by atoms with E-state index in [4.69, 9.17) is 4.74 Å².